The Morgan fingerprint density at radius 1 is 1.21 bits per heavy atom. The fourth-order valence-electron chi connectivity index (χ4n) is 3.87. The van der Waals surface area contributed by atoms with Crippen LogP contribution < -0.4 is 9.64 Å². The lowest BCUT2D eigenvalue weighted by atomic mass is 9.82. The zero-order valence-electron chi connectivity index (χ0n) is 18.1. The molecule has 2 aliphatic rings. The van der Waals surface area contributed by atoms with E-state index in [1.165, 1.54) is 6.92 Å². The Hall–Kier alpha value is -2.57. The predicted octanol–water partition coefficient (Wildman–Crippen LogP) is 3.71. The van der Waals surface area contributed by atoms with Crippen LogP contribution >= 0.6 is 0 Å². The van der Waals surface area contributed by atoms with Gasteiger partial charge in [0.05, 0.1) is 12.0 Å². The van der Waals surface area contributed by atoms with Gasteiger partial charge in [0.25, 0.3) is 0 Å². The van der Waals surface area contributed by atoms with Gasteiger partial charge in [-0.3, -0.25) is 9.59 Å². The summed E-state index contributed by atoms with van der Waals surface area (Å²) in [7, 11) is 1.71. The molecule has 29 heavy (non-hydrogen) atoms. The Bertz CT molecular complexity index is 847. The number of carbonyl (C=O) groups excluding carboxylic acids is 3. The molecular weight excluding hydrogens is 372 g/mol. The van der Waals surface area contributed by atoms with Crippen molar-refractivity contribution < 1.29 is 23.9 Å². The number of nitrogens with zero attached hydrogens (tertiary/aromatic N) is 2. The van der Waals surface area contributed by atoms with Crippen LogP contribution in [0.3, 0.4) is 0 Å². The van der Waals surface area contributed by atoms with Gasteiger partial charge in [0.1, 0.15) is 17.0 Å². The van der Waals surface area contributed by atoms with Crippen molar-refractivity contribution >= 4 is 23.5 Å². The molecular formula is C22H30N2O5. The number of ether oxygens (including phenoxy) is 2. The summed E-state index contributed by atoms with van der Waals surface area (Å²) in [6, 6.07) is 3.58. The Morgan fingerprint density at radius 3 is 2.38 bits per heavy atom. The SMILES string of the molecule is CC(=O)N(C)c1cc2c(cc1C)C(=O)CC1(CCN(C(=O)OC(C)(C)C)CC1)O2. The summed E-state index contributed by atoms with van der Waals surface area (Å²) in [5.74, 6) is 0.466. The van der Waals surface area contributed by atoms with E-state index >= 15 is 0 Å². The third kappa shape index (κ3) is 4.38. The number of piperidine rings is 1. The minimum absolute atomic E-state index is 0.0390. The fourth-order valence-corrected chi connectivity index (χ4v) is 3.87. The Balaban J connectivity index is 1.79. The van der Waals surface area contributed by atoms with Gasteiger partial charge in [0, 0.05) is 51.7 Å². The molecule has 0 N–H and O–H groups in total. The molecule has 2 amide bonds. The van der Waals surface area contributed by atoms with Gasteiger partial charge in [-0.1, -0.05) is 0 Å². The number of benzene rings is 1. The highest BCUT2D eigenvalue weighted by atomic mass is 16.6. The highest BCUT2D eigenvalue weighted by Crippen LogP contribution is 2.42. The van der Waals surface area contributed by atoms with Crippen molar-refractivity contribution in [2.45, 2.75) is 65.1 Å². The molecule has 3 rings (SSSR count). The topological polar surface area (TPSA) is 76.2 Å². The van der Waals surface area contributed by atoms with Crippen molar-refractivity contribution in [1.29, 1.82) is 0 Å². The molecule has 0 bridgehead atoms. The number of fused-ring (bicyclic) bond motifs is 1. The molecule has 1 saturated heterocycles. The van der Waals surface area contributed by atoms with Crippen LogP contribution in [0.1, 0.15) is 62.9 Å². The minimum Gasteiger partial charge on any atom is -0.486 e. The summed E-state index contributed by atoms with van der Waals surface area (Å²) in [4.78, 5) is 40.2. The maximum atomic E-state index is 12.9. The number of rotatable bonds is 1. The first-order valence-electron chi connectivity index (χ1n) is 10.00. The molecule has 1 aromatic carbocycles. The van der Waals surface area contributed by atoms with E-state index in [1.807, 2.05) is 27.7 Å². The lowest BCUT2D eigenvalue weighted by Gasteiger charge is -2.44. The number of aryl methyl sites for hydroxylation is 1. The van der Waals surface area contributed by atoms with Crippen molar-refractivity contribution in [3.63, 3.8) is 0 Å². The minimum atomic E-state index is -0.621. The van der Waals surface area contributed by atoms with Crippen LogP contribution in [0.4, 0.5) is 10.5 Å². The summed E-state index contributed by atoms with van der Waals surface area (Å²) in [6.45, 7) is 9.85. The molecule has 7 heteroatoms. The molecule has 0 saturated carbocycles. The predicted molar refractivity (Wildman–Crippen MR) is 110 cm³/mol. The van der Waals surface area contributed by atoms with E-state index in [1.54, 1.807) is 29.0 Å². The van der Waals surface area contributed by atoms with Crippen molar-refractivity contribution in [3.05, 3.63) is 23.3 Å². The number of likely N-dealkylation sites (tertiary alicyclic amines) is 1. The highest BCUT2D eigenvalue weighted by Gasteiger charge is 2.44. The highest BCUT2D eigenvalue weighted by molar-refractivity contribution is 6.02. The summed E-state index contributed by atoms with van der Waals surface area (Å²) in [6.07, 6.45) is 1.08. The van der Waals surface area contributed by atoms with E-state index in [-0.39, 0.29) is 17.8 Å². The maximum absolute atomic E-state index is 12.9. The number of ketones is 1. The zero-order valence-corrected chi connectivity index (χ0v) is 18.1. The van der Waals surface area contributed by atoms with Gasteiger partial charge in [-0.2, -0.15) is 0 Å². The summed E-state index contributed by atoms with van der Waals surface area (Å²) >= 11 is 0. The average molecular weight is 402 g/mol. The first-order valence-corrected chi connectivity index (χ1v) is 10.00. The number of hydrogen-bond acceptors (Lipinski definition) is 5. The van der Waals surface area contributed by atoms with Gasteiger partial charge in [-0.25, -0.2) is 4.79 Å². The van der Waals surface area contributed by atoms with Crippen molar-refractivity contribution in [1.82, 2.24) is 4.90 Å². The second-order valence-corrected chi connectivity index (χ2v) is 9.07. The second-order valence-electron chi connectivity index (χ2n) is 9.07. The number of anilines is 1. The van der Waals surface area contributed by atoms with Gasteiger partial charge in [-0.05, 0) is 39.3 Å². The molecule has 2 heterocycles. The molecule has 1 spiro atoms. The van der Waals surface area contributed by atoms with E-state index in [0.717, 1.165) is 11.3 Å². The van der Waals surface area contributed by atoms with Crippen LogP contribution in [-0.4, -0.2) is 54.0 Å². The quantitative estimate of drug-likeness (QED) is 0.716. The van der Waals surface area contributed by atoms with Crippen LogP contribution in [0.2, 0.25) is 0 Å². The van der Waals surface area contributed by atoms with Crippen LogP contribution in [-0.2, 0) is 9.53 Å². The third-order valence-corrected chi connectivity index (χ3v) is 5.57. The van der Waals surface area contributed by atoms with Crippen LogP contribution in [0.25, 0.3) is 0 Å². The molecule has 0 unspecified atom stereocenters. The van der Waals surface area contributed by atoms with E-state index < -0.39 is 11.2 Å². The van der Waals surface area contributed by atoms with Gasteiger partial charge in [-0.15, -0.1) is 0 Å². The number of amides is 2. The molecule has 7 nitrogen and oxygen atoms in total. The molecule has 0 atom stereocenters. The molecule has 158 valence electrons. The number of hydrogen-bond donors (Lipinski definition) is 0. The largest absolute Gasteiger partial charge is 0.486 e. The Morgan fingerprint density at radius 2 is 1.83 bits per heavy atom. The standard InChI is InChI=1S/C22H30N2O5/c1-14-11-16-18(26)13-22(28-19(16)12-17(14)23(6)15(2)25)7-9-24(10-8-22)20(27)29-21(3,4)5/h11-12H,7-10,13H2,1-6H3. The van der Waals surface area contributed by atoms with E-state index in [4.69, 9.17) is 9.47 Å². The van der Waals surface area contributed by atoms with Gasteiger partial charge < -0.3 is 19.3 Å². The van der Waals surface area contributed by atoms with E-state index in [9.17, 15) is 14.4 Å². The molecule has 0 aromatic heterocycles. The Kier molecular flexibility index (Phi) is 5.36. The van der Waals surface area contributed by atoms with Crippen LogP contribution in [0.15, 0.2) is 12.1 Å². The summed E-state index contributed by atoms with van der Waals surface area (Å²) in [5.41, 5.74) is 0.980. The maximum Gasteiger partial charge on any atom is 0.410 e. The fraction of sp³-hybridized carbons (Fsp3) is 0.591. The lowest BCUT2D eigenvalue weighted by Crippen LogP contribution is -2.53. The second kappa shape index (κ2) is 7.35. The lowest BCUT2D eigenvalue weighted by molar-refractivity contribution is -0.116. The summed E-state index contributed by atoms with van der Waals surface area (Å²) < 4.78 is 11.8. The monoisotopic (exact) mass is 402 g/mol. The molecule has 0 aliphatic carbocycles. The van der Waals surface area contributed by atoms with Gasteiger partial charge in [0.2, 0.25) is 5.91 Å². The van der Waals surface area contributed by atoms with Crippen LogP contribution in [0.5, 0.6) is 5.75 Å². The molecule has 2 aliphatic heterocycles. The summed E-state index contributed by atoms with van der Waals surface area (Å²) in [5, 5.41) is 0. The van der Waals surface area contributed by atoms with Crippen molar-refractivity contribution in [2.24, 2.45) is 0 Å². The number of Topliss-reactive ketones (excluding diaryl/α,β-unsaturated/α-hetero) is 1. The first kappa shape index (κ1) is 21.1. The van der Waals surface area contributed by atoms with E-state index in [0.29, 0.717) is 43.7 Å². The average Bonchev–Trinajstić information content (AvgIpc) is 2.60. The van der Waals surface area contributed by atoms with Crippen molar-refractivity contribution in [2.75, 3.05) is 25.0 Å². The molecule has 1 fully saturated rings. The van der Waals surface area contributed by atoms with Gasteiger partial charge >= 0.3 is 6.09 Å². The van der Waals surface area contributed by atoms with Crippen LogP contribution in [0, 0.1) is 6.92 Å². The Labute approximate surface area is 171 Å². The third-order valence-electron chi connectivity index (χ3n) is 5.57. The normalized spacial score (nSPS) is 18.1. The first-order chi connectivity index (χ1) is 13.4. The molecule has 1 aromatic rings. The van der Waals surface area contributed by atoms with Gasteiger partial charge in [0.15, 0.2) is 5.78 Å². The molecule has 0 radical (unpaired) electrons. The smallest absolute Gasteiger partial charge is 0.410 e. The van der Waals surface area contributed by atoms with Crippen molar-refractivity contribution in [3.8, 4) is 5.75 Å². The number of carbonyl (C=O) groups is 3. The van der Waals surface area contributed by atoms with E-state index in [2.05, 4.69) is 0 Å². The zero-order chi connectivity index (χ0) is 21.6.